The van der Waals surface area contributed by atoms with Crippen LogP contribution in [0.25, 0.3) is 11.1 Å². The smallest absolute Gasteiger partial charge is 0.133 e. The third-order valence-electron chi connectivity index (χ3n) is 5.59. The second-order valence-electron chi connectivity index (χ2n) is 7.39. The first-order valence-electron chi connectivity index (χ1n) is 9.89. The van der Waals surface area contributed by atoms with Crippen LogP contribution in [-0.4, -0.2) is 76.5 Å². The fourth-order valence-electron chi connectivity index (χ4n) is 3.84. The summed E-state index contributed by atoms with van der Waals surface area (Å²) in [6.45, 7) is 6.79. The van der Waals surface area contributed by atoms with Crippen LogP contribution in [-0.2, 0) is 4.74 Å². The zero-order valence-electron chi connectivity index (χ0n) is 16.6. The molecule has 2 fully saturated rings. The Kier molecular flexibility index (Phi) is 5.64. The lowest BCUT2D eigenvalue weighted by Gasteiger charge is -2.35. The average molecular weight is 385 g/mol. The maximum absolute atomic E-state index is 15.1. The maximum Gasteiger partial charge on any atom is 0.133 e. The summed E-state index contributed by atoms with van der Waals surface area (Å²) in [5.41, 5.74) is 3.32. The van der Waals surface area contributed by atoms with E-state index in [1.165, 1.54) is 0 Å². The number of pyridine rings is 1. The topological polar surface area (TPSA) is 43.9 Å². The molecule has 28 heavy (non-hydrogen) atoms. The fraction of sp³-hybridized carbons (Fsp3) is 0.476. The van der Waals surface area contributed by atoms with Crippen LogP contribution < -0.4 is 15.1 Å². The first-order chi connectivity index (χ1) is 13.7. The van der Waals surface area contributed by atoms with Crippen molar-refractivity contribution in [2.75, 3.05) is 81.7 Å². The normalized spacial score (nSPS) is 18.4. The first-order valence-corrected chi connectivity index (χ1v) is 9.89. The lowest BCUT2D eigenvalue weighted by molar-refractivity contribution is 0.122. The maximum atomic E-state index is 15.1. The van der Waals surface area contributed by atoms with Gasteiger partial charge in [-0.3, -0.25) is 0 Å². The van der Waals surface area contributed by atoms with Gasteiger partial charge in [0, 0.05) is 58.1 Å². The largest absolute Gasteiger partial charge is 0.386 e. The summed E-state index contributed by atoms with van der Waals surface area (Å²) < 4.78 is 20.6. The zero-order valence-corrected chi connectivity index (χ0v) is 16.6. The highest BCUT2D eigenvalue weighted by Gasteiger charge is 2.20. The molecule has 2 aliphatic rings. The molecule has 2 aliphatic heterocycles. The molecule has 0 saturated carbocycles. The molecule has 150 valence electrons. The number of piperazine rings is 1. The second-order valence-corrected chi connectivity index (χ2v) is 7.39. The van der Waals surface area contributed by atoms with E-state index in [2.05, 4.69) is 32.0 Å². The van der Waals surface area contributed by atoms with Crippen LogP contribution in [0.1, 0.15) is 0 Å². The van der Waals surface area contributed by atoms with Crippen molar-refractivity contribution in [2.45, 2.75) is 0 Å². The Morgan fingerprint density at radius 2 is 1.75 bits per heavy atom. The summed E-state index contributed by atoms with van der Waals surface area (Å²) in [5.74, 6) is 0.668. The minimum atomic E-state index is -0.202. The van der Waals surface area contributed by atoms with Crippen LogP contribution in [0, 0.1) is 5.82 Å². The number of benzene rings is 1. The monoisotopic (exact) mass is 385 g/mol. The molecule has 1 aromatic carbocycles. The van der Waals surface area contributed by atoms with Crippen LogP contribution in [0.5, 0.6) is 0 Å². The number of ether oxygens (including phenoxy) is 1. The molecule has 1 N–H and O–H groups in total. The van der Waals surface area contributed by atoms with E-state index in [-0.39, 0.29) is 5.82 Å². The molecular formula is C21H28FN5O. The van der Waals surface area contributed by atoms with Crippen molar-refractivity contribution < 1.29 is 9.13 Å². The quantitative estimate of drug-likeness (QED) is 0.873. The van der Waals surface area contributed by atoms with Crippen molar-refractivity contribution in [2.24, 2.45) is 0 Å². The summed E-state index contributed by atoms with van der Waals surface area (Å²) in [6, 6.07) is 7.43. The van der Waals surface area contributed by atoms with E-state index in [4.69, 9.17) is 4.74 Å². The highest BCUT2D eigenvalue weighted by molar-refractivity contribution is 5.79. The molecule has 0 radical (unpaired) electrons. The zero-order chi connectivity index (χ0) is 19.5. The van der Waals surface area contributed by atoms with Crippen molar-refractivity contribution in [3.63, 3.8) is 0 Å². The van der Waals surface area contributed by atoms with Gasteiger partial charge >= 0.3 is 0 Å². The third-order valence-corrected chi connectivity index (χ3v) is 5.59. The van der Waals surface area contributed by atoms with E-state index in [9.17, 15) is 0 Å². The summed E-state index contributed by atoms with van der Waals surface area (Å²) in [4.78, 5) is 11.2. The molecule has 2 saturated heterocycles. The molecule has 2 aromatic rings. The number of nitrogens with one attached hydrogen (secondary N) is 1. The average Bonchev–Trinajstić information content (AvgIpc) is 2.75. The fourth-order valence-corrected chi connectivity index (χ4v) is 3.84. The number of nitrogens with zero attached hydrogens (tertiary/aromatic N) is 4. The number of hydrogen-bond acceptors (Lipinski definition) is 6. The number of likely N-dealkylation sites (N-methyl/N-ethyl adjacent to an activating group) is 1. The number of halogens is 1. The van der Waals surface area contributed by atoms with Crippen molar-refractivity contribution >= 4 is 17.2 Å². The van der Waals surface area contributed by atoms with Gasteiger partial charge in [0.15, 0.2) is 0 Å². The predicted octanol–water partition coefficient (Wildman–Crippen LogP) is 2.52. The minimum absolute atomic E-state index is 0.202. The van der Waals surface area contributed by atoms with Crippen LogP contribution in [0.3, 0.4) is 0 Å². The van der Waals surface area contributed by atoms with Gasteiger partial charge in [-0.2, -0.15) is 0 Å². The van der Waals surface area contributed by atoms with Gasteiger partial charge in [-0.25, -0.2) is 9.37 Å². The molecule has 0 aliphatic carbocycles. The van der Waals surface area contributed by atoms with Crippen LogP contribution in [0.15, 0.2) is 30.5 Å². The highest BCUT2D eigenvalue weighted by atomic mass is 19.1. The molecular weight excluding hydrogens is 357 g/mol. The Morgan fingerprint density at radius 3 is 2.46 bits per heavy atom. The minimum Gasteiger partial charge on any atom is -0.386 e. The molecule has 7 heteroatoms. The number of rotatable bonds is 4. The Labute approximate surface area is 165 Å². The molecule has 0 bridgehead atoms. The highest BCUT2D eigenvalue weighted by Crippen LogP contribution is 2.35. The van der Waals surface area contributed by atoms with Crippen LogP contribution >= 0.6 is 0 Å². The lowest BCUT2D eigenvalue weighted by atomic mass is 10.0. The van der Waals surface area contributed by atoms with Gasteiger partial charge in [-0.1, -0.05) is 0 Å². The van der Waals surface area contributed by atoms with Gasteiger partial charge in [0.1, 0.15) is 11.6 Å². The van der Waals surface area contributed by atoms with Crippen LogP contribution in [0.2, 0.25) is 0 Å². The Bertz CT molecular complexity index is 816. The number of hydrogen-bond donors (Lipinski definition) is 1. The second kappa shape index (κ2) is 8.32. The Morgan fingerprint density at radius 1 is 1.00 bits per heavy atom. The van der Waals surface area contributed by atoms with Crippen LogP contribution in [0.4, 0.5) is 21.6 Å². The van der Waals surface area contributed by atoms with E-state index in [0.717, 1.165) is 62.0 Å². The lowest BCUT2D eigenvalue weighted by Crippen LogP contribution is -2.44. The van der Waals surface area contributed by atoms with Crippen molar-refractivity contribution in [1.82, 2.24) is 9.88 Å². The molecule has 3 heterocycles. The van der Waals surface area contributed by atoms with Gasteiger partial charge in [-0.05, 0) is 36.9 Å². The summed E-state index contributed by atoms with van der Waals surface area (Å²) in [6.07, 6.45) is 1.76. The predicted molar refractivity (Wildman–Crippen MR) is 112 cm³/mol. The summed E-state index contributed by atoms with van der Waals surface area (Å²) >= 11 is 0. The molecule has 0 unspecified atom stereocenters. The van der Waals surface area contributed by atoms with Gasteiger partial charge in [0.05, 0.1) is 24.6 Å². The van der Waals surface area contributed by atoms with Crippen molar-refractivity contribution in [1.29, 1.82) is 0 Å². The molecule has 0 atom stereocenters. The van der Waals surface area contributed by atoms with E-state index >= 15 is 4.39 Å². The standard InChI is InChI=1S/C21H28FN5O/c1-23-19-14-17(18(22)15-20(19)26-7-5-25(2)6-8-26)16-3-4-24-21(13-16)27-9-11-28-12-10-27/h3-4,13-15,23H,5-12H2,1-2H3. The van der Waals surface area contributed by atoms with E-state index in [0.29, 0.717) is 18.8 Å². The van der Waals surface area contributed by atoms with Gasteiger partial charge in [0.25, 0.3) is 0 Å². The first kappa shape index (κ1) is 19.0. The van der Waals surface area contributed by atoms with E-state index in [1.807, 2.05) is 25.2 Å². The molecule has 4 rings (SSSR count). The molecule has 0 amide bonds. The van der Waals surface area contributed by atoms with Crippen molar-refractivity contribution in [3.05, 3.63) is 36.3 Å². The Hall–Kier alpha value is -2.38. The summed E-state index contributed by atoms with van der Waals surface area (Å²) in [5, 5.41) is 3.25. The molecule has 1 aromatic heterocycles. The SMILES string of the molecule is CNc1cc(-c2ccnc(N3CCOCC3)c2)c(F)cc1N1CCN(C)CC1. The van der Waals surface area contributed by atoms with Gasteiger partial charge in [-0.15, -0.1) is 0 Å². The number of aromatic nitrogens is 1. The van der Waals surface area contributed by atoms with E-state index in [1.54, 1.807) is 12.3 Å². The third kappa shape index (κ3) is 3.91. The van der Waals surface area contributed by atoms with Gasteiger partial charge < -0.3 is 24.8 Å². The Balaban J connectivity index is 1.65. The number of anilines is 3. The summed E-state index contributed by atoms with van der Waals surface area (Å²) in [7, 11) is 4.01. The number of morpholine rings is 1. The van der Waals surface area contributed by atoms with Crippen molar-refractivity contribution in [3.8, 4) is 11.1 Å². The molecule has 6 nitrogen and oxygen atoms in total. The van der Waals surface area contributed by atoms with Gasteiger partial charge in [0.2, 0.25) is 0 Å². The molecule has 0 spiro atoms. The van der Waals surface area contributed by atoms with E-state index < -0.39 is 0 Å².